The average Bonchev–Trinajstić information content (AvgIpc) is 2.70. The van der Waals surface area contributed by atoms with Crippen LogP contribution in [0.4, 0.5) is 11.4 Å². The number of nitrogens with zero attached hydrogens (tertiary/aromatic N) is 1. The first-order chi connectivity index (χ1) is 13.1. The van der Waals surface area contributed by atoms with Crippen LogP contribution in [0, 0.1) is 5.92 Å². The molecule has 3 rings (SSSR count). The van der Waals surface area contributed by atoms with Gasteiger partial charge in [-0.1, -0.05) is 30.3 Å². The first kappa shape index (κ1) is 18.8. The third-order valence-electron chi connectivity index (χ3n) is 4.76. The van der Waals surface area contributed by atoms with Crippen molar-refractivity contribution in [3.8, 4) is 5.75 Å². The molecule has 0 aromatic heterocycles. The largest absolute Gasteiger partial charge is 0.493 e. The Hall–Kier alpha value is -3.02. The van der Waals surface area contributed by atoms with Crippen molar-refractivity contribution in [3.63, 3.8) is 0 Å². The van der Waals surface area contributed by atoms with Crippen LogP contribution in [-0.2, 0) is 9.59 Å². The second-order valence-corrected chi connectivity index (χ2v) is 6.64. The van der Waals surface area contributed by atoms with Gasteiger partial charge in [0.25, 0.3) is 0 Å². The minimum Gasteiger partial charge on any atom is -0.493 e. The van der Waals surface area contributed by atoms with E-state index >= 15 is 0 Å². The summed E-state index contributed by atoms with van der Waals surface area (Å²) in [4.78, 5) is 26.6. The molecule has 2 amide bonds. The van der Waals surface area contributed by atoms with Crippen LogP contribution < -0.4 is 15.8 Å². The number of benzene rings is 2. The van der Waals surface area contributed by atoms with E-state index in [1.807, 2.05) is 47.4 Å². The fourth-order valence-electron chi connectivity index (χ4n) is 3.17. The highest BCUT2D eigenvalue weighted by Crippen LogP contribution is 2.22. The van der Waals surface area contributed by atoms with Crippen LogP contribution in [0.2, 0.25) is 0 Å². The quantitative estimate of drug-likeness (QED) is 0.769. The lowest BCUT2D eigenvalue weighted by Crippen LogP contribution is -2.41. The van der Waals surface area contributed by atoms with Crippen molar-refractivity contribution < 1.29 is 14.3 Å². The lowest BCUT2D eigenvalue weighted by Gasteiger charge is -2.31. The maximum atomic E-state index is 12.4. The lowest BCUT2D eigenvalue weighted by atomic mass is 9.95. The number of anilines is 2. The van der Waals surface area contributed by atoms with Crippen LogP contribution in [0.15, 0.2) is 54.6 Å². The number of likely N-dealkylation sites (tertiary alicyclic amines) is 1. The number of amides is 2. The third-order valence-corrected chi connectivity index (χ3v) is 4.76. The first-order valence-electron chi connectivity index (χ1n) is 9.24. The van der Waals surface area contributed by atoms with E-state index in [1.165, 1.54) is 0 Å². The molecule has 0 radical (unpaired) electrons. The highest BCUT2D eigenvalue weighted by molar-refractivity contribution is 5.95. The monoisotopic (exact) mass is 367 g/mol. The minimum absolute atomic E-state index is 0.0348. The van der Waals surface area contributed by atoms with Crippen molar-refractivity contribution in [1.82, 2.24) is 4.90 Å². The van der Waals surface area contributed by atoms with Crippen LogP contribution in [0.1, 0.15) is 19.3 Å². The van der Waals surface area contributed by atoms with E-state index in [0.29, 0.717) is 50.3 Å². The zero-order valence-electron chi connectivity index (χ0n) is 15.3. The molecule has 1 heterocycles. The number of nitrogens with one attached hydrogen (secondary N) is 1. The van der Waals surface area contributed by atoms with Gasteiger partial charge in [0, 0.05) is 19.0 Å². The molecule has 0 atom stereocenters. The zero-order valence-corrected chi connectivity index (χ0v) is 15.3. The van der Waals surface area contributed by atoms with Crippen LogP contribution >= 0.6 is 0 Å². The van der Waals surface area contributed by atoms with Gasteiger partial charge in [0.05, 0.1) is 24.4 Å². The van der Waals surface area contributed by atoms with Crippen LogP contribution in [-0.4, -0.2) is 36.4 Å². The normalized spacial score (nSPS) is 14.6. The summed E-state index contributed by atoms with van der Waals surface area (Å²) in [5.74, 6) is 0.694. The topological polar surface area (TPSA) is 84.7 Å². The Morgan fingerprint density at radius 1 is 1.04 bits per heavy atom. The summed E-state index contributed by atoms with van der Waals surface area (Å²) in [5.41, 5.74) is 7.06. The third kappa shape index (κ3) is 5.23. The molecule has 6 heteroatoms. The van der Waals surface area contributed by atoms with Crippen molar-refractivity contribution >= 4 is 23.2 Å². The molecule has 0 saturated carbocycles. The Balaban J connectivity index is 1.41. The van der Waals surface area contributed by atoms with Crippen LogP contribution in [0.3, 0.4) is 0 Å². The maximum Gasteiger partial charge on any atom is 0.227 e. The van der Waals surface area contributed by atoms with Gasteiger partial charge in [-0.2, -0.15) is 0 Å². The molecule has 1 saturated heterocycles. The highest BCUT2D eigenvalue weighted by atomic mass is 16.5. The fraction of sp³-hybridized carbons (Fsp3) is 0.333. The molecule has 0 aliphatic carbocycles. The predicted molar refractivity (Wildman–Crippen MR) is 105 cm³/mol. The Morgan fingerprint density at radius 2 is 1.70 bits per heavy atom. The molecule has 27 heavy (non-hydrogen) atoms. The summed E-state index contributed by atoms with van der Waals surface area (Å²) in [7, 11) is 0. The predicted octanol–water partition coefficient (Wildman–Crippen LogP) is 2.92. The molecule has 1 aliphatic rings. The number of carbonyl (C=O) groups is 2. The summed E-state index contributed by atoms with van der Waals surface area (Å²) in [6.07, 6.45) is 1.65. The zero-order chi connectivity index (χ0) is 19.1. The molecular formula is C21H25N3O3. The summed E-state index contributed by atoms with van der Waals surface area (Å²) >= 11 is 0. The molecule has 2 aromatic carbocycles. The van der Waals surface area contributed by atoms with Gasteiger partial charge in [-0.3, -0.25) is 9.59 Å². The maximum absolute atomic E-state index is 12.4. The number of para-hydroxylation sites is 3. The first-order valence-corrected chi connectivity index (χ1v) is 9.24. The van der Waals surface area contributed by atoms with E-state index in [0.717, 1.165) is 5.75 Å². The standard InChI is InChI=1S/C21H25N3O3/c22-18-8-4-5-9-19(18)23-21(26)16-10-13-24(14-11-16)20(25)12-15-27-17-6-2-1-3-7-17/h1-9,16H,10-15,22H2,(H,23,26). The molecule has 3 N–H and O–H groups in total. The molecule has 0 unspecified atom stereocenters. The smallest absolute Gasteiger partial charge is 0.227 e. The van der Waals surface area contributed by atoms with Gasteiger partial charge in [0.15, 0.2) is 0 Å². The number of rotatable bonds is 6. The summed E-state index contributed by atoms with van der Waals surface area (Å²) in [6.45, 7) is 1.54. The number of nitrogens with two attached hydrogens (primary N) is 1. The Kier molecular flexibility index (Phi) is 6.30. The summed E-state index contributed by atoms with van der Waals surface area (Å²) in [6, 6.07) is 16.7. The van der Waals surface area contributed by atoms with Crippen molar-refractivity contribution in [3.05, 3.63) is 54.6 Å². The van der Waals surface area contributed by atoms with Gasteiger partial charge < -0.3 is 20.7 Å². The fourth-order valence-corrected chi connectivity index (χ4v) is 3.17. The molecule has 1 fully saturated rings. The highest BCUT2D eigenvalue weighted by Gasteiger charge is 2.27. The van der Waals surface area contributed by atoms with E-state index in [4.69, 9.17) is 10.5 Å². The molecule has 2 aromatic rings. The Labute approximate surface area is 159 Å². The number of piperidine rings is 1. The second kappa shape index (κ2) is 9.07. The number of nitrogen functional groups attached to an aromatic ring is 1. The van der Waals surface area contributed by atoms with E-state index in [2.05, 4.69) is 5.32 Å². The molecule has 0 bridgehead atoms. The van der Waals surface area contributed by atoms with Gasteiger partial charge in [-0.05, 0) is 37.1 Å². The van der Waals surface area contributed by atoms with Crippen LogP contribution in [0.5, 0.6) is 5.75 Å². The lowest BCUT2D eigenvalue weighted by molar-refractivity contribution is -0.135. The second-order valence-electron chi connectivity index (χ2n) is 6.64. The molecule has 1 aliphatic heterocycles. The average molecular weight is 367 g/mol. The van der Waals surface area contributed by atoms with Crippen molar-refractivity contribution in [2.45, 2.75) is 19.3 Å². The molecule has 6 nitrogen and oxygen atoms in total. The van der Waals surface area contributed by atoms with E-state index < -0.39 is 0 Å². The van der Waals surface area contributed by atoms with Gasteiger partial charge in [-0.15, -0.1) is 0 Å². The van der Waals surface area contributed by atoms with Crippen LogP contribution in [0.25, 0.3) is 0 Å². The van der Waals surface area contributed by atoms with Gasteiger partial charge >= 0.3 is 0 Å². The number of hydrogen-bond donors (Lipinski definition) is 2. The number of carbonyl (C=O) groups excluding carboxylic acids is 2. The number of hydrogen-bond acceptors (Lipinski definition) is 4. The minimum atomic E-state index is -0.103. The van der Waals surface area contributed by atoms with E-state index in [9.17, 15) is 9.59 Å². The molecule has 0 spiro atoms. The van der Waals surface area contributed by atoms with Gasteiger partial charge in [0.1, 0.15) is 5.75 Å². The Morgan fingerprint density at radius 3 is 2.41 bits per heavy atom. The van der Waals surface area contributed by atoms with Crippen molar-refractivity contribution in [2.75, 3.05) is 30.7 Å². The SMILES string of the molecule is Nc1ccccc1NC(=O)C1CCN(C(=O)CCOc2ccccc2)CC1. The van der Waals surface area contributed by atoms with Crippen molar-refractivity contribution in [2.24, 2.45) is 5.92 Å². The van der Waals surface area contributed by atoms with Gasteiger partial charge in [-0.25, -0.2) is 0 Å². The van der Waals surface area contributed by atoms with Crippen molar-refractivity contribution in [1.29, 1.82) is 0 Å². The summed E-state index contributed by atoms with van der Waals surface area (Å²) in [5, 5.41) is 2.89. The van der Waals surface area contributed by atoms with Gasteiger partial charge in [0.2, 0.25) is 11.8 Å². The van der Waals surface area contributed by atoms with E-state index in [-0.39, 0.29) is 17.7 Å². The summed E-state index contributed by atoms with van der Waals surface area (Å²) < 4.78 is 5.58. The van der Waals surface area contributed by atoms with E-state index in [1.54, 1.807) is 12.1 Å². The molecule has 142 valence electrons. The number of ether oxygens (including phenoxy) is 1. The molecular weight excluding hydrogens is 342 g/mol. The Bertz CT molecular complexity index is 771.